The third-order valence-corrected chi connectivity index (χ3v) is 6.48. The van der Waals surface area contributed by atoms with Crippen molar-refractivity contribution >= 4 is 17.2 Å². The van der Waals surface area contributed by atoms with E-state index in [4.69, 9.17) is 4.74 Å². The first kappa shape index (κ1) is 18.0. The summed E-state index contributed by atoms with van der Waals surface area (Å²) >= 11 is 1.68. The second-order valence-electron chi connectivity index (χ2n) is 7.07. The first-order valence-electron chi connectivity index (χ1n) is 8.97. The van der Waals surface area contributed by atoms with E-state index in [0.29, 0.717) is 12.5 Å². The Labute approximate surface area is 154 Å². The summed E-state index contributed by atoms with van der Waals surface area (Å²) < 4.78 is 5.54. The molecule has 2 atom stereocenters. The Bertz CT molecular complexity index is 752. The zero-order valence-electron chi connectivity index (χ0n) is 15.5. The fraction of sp³-hybridized carbons (Fsp3) is 0.476. The fourth-order valence-corrected chi connectivity index (χ4v) is 4.57. The van der Waals surface area contributed by atoms with E-state index >= 15 is 0 Å². The maximum atomic E-state index is 12.6. The number of benzene rings is 1. The van der Waals surface area contributed by atoms with Gasteiger partial charge in [-0.15, -0.1) is 11.3 Å². The second kappa shape index (κ2) is 7.61. The van der Waals surface area contributed by atoms with Crippen LogP contribution < -0.4 is 10.1 Å². The minimum atomic E-state index is 0.0269. The van der Waals surface area contributed by atoms with Crippen LogP contribution in [-0.2, 0) is 24.2 Å². The number of carbonyl (C=O) groups is 1. The van der Waals surface area contributed by atoms with Crippen LogP contribution in [0.5, 0.6) is 5.75 Å². The van der Waals surface area contributed by atoms with Gasteiger partial charge < -0.3 is 10.1 Å². The van der Waals surface area contributed by atoms with Crippen molar-refractivity contribution in [1.82, 2.24) is 5.32 Å². The third kappa shape index (κ3) is 3.74. The van der Waals surface area contributed by atoms with Crippen LogP contribution in [0.2, 0.25) is 0 Å². The van der Waals surface area contributed by atoms with Crippen LogP contribution in [0, 0.1) is 25.7 Å². The van der Waals surface area contributed by atoms with Crippen LogP contribution in [0.3, 0.4) is 0 Å². The number of hydrogen-bond donors (Lipinski definition) is 1. The molecule has 0 bridgehead atoms. The second-order valence-corrected chi connectivity index (χ2v) is 8.10. The topological polar surface area (TPSA) is 38.3 Å². The molecule has 3 rings (SSSR count). The molecule has 1 aromatic carbocycles. The van der Waals surface area contributed by atoms with Gasteiger partial charge >= 0.3 is 0 Å². The number of ether oxygens (including phenoxy) is 1. The highest BCUT2D eigenvalue weighted by Crippen LogP contribution is 2.37. The fourth-order valence-electron chi connectivity index (χ4n) is 3.92. The van der Waals surface area contributed by atoms with Gasteiger partial charge in [-0.3, -0.25) is 4.79 Å². The molecule has 1 N–H and O–H groups in total. The minimum absolute atomic E-state index is 0.0269. The van der Waals surface area contributed by atoms with E-state index < -0.39 is 0 Å². The molecule has 2 aromatic rings. The lowest BCUT2D eigenvalue weighted by Gasteiger charge is -2.31. The van der Waals surface area contributed by atoms with E-state index in [1.165, 1.54) is 27.1 Å². The van der Waals surface area contributed by atoms with Crippen LogP contribution >= 0.6 is 11.3 Å². The van der Waals surface area contributed by atoms with Crippen molar-refractivity contribution in [3.05, 3.63) is 50.7 Å². The molecule has 0 aliphatic heterocycles. The summed E-state index contributed by atoms with van der Waals surface area (Å²) in [6, 6.07) is 6.22. The van der Waals surface area contributed by atoms with E-state index in [9.17, 15) is 4.79 Å². The molecule has 3 nitrogen and oxygen atoms in total. The number of carbonyl (C=O) groups excluding carboxylic acids is 1. The number of hydrogen-bond acceptors (Lipinski definition) is 3. The summed E-state index contributed by atoms with van der Waals surface area (Å²) in [5, 5.41) is 5.14. The number of methoxy groups -OCH3 is 1. The van der Waals surface area contributed by atoms with Crippen molar-refractivity contribution in [2.45, 2.75) is 46.6 Å². The molecule has 0 saturated heterocycles. The molecular formula is C21H27NO2S. The Hall–Kier alpha value is -1.81. The van der Waals surface area contributed by atoms with Crippen molar-refractivity contribution < 1.29 is 9.53 Å². The molecule has 1 aliphatic rings. The summed E-state index contributed by atoms with van der Waals surface area (Å²) in [6.07, 6.45) is 3.10. The summed E-state index contributed by atoms with van der Waals surface area (Å²) in [5.41, 5.74) is 5.40. The van der Waals surface area contributed by atoms with Gasteiger partial charge in [0.05, 0.1) is 13.7 Å². The van der Waals surface area contributed by atoms with Crippen LogP contribution in [-0.4, -0.2) is 13.0 Å². The van der Waals surface area contributed by atoms with Crippen molar-refractivity contribution in [3.8, 4) is 5.75 Å². The van der Waals surface area contributed by atoms with E-state index in [1.807, 2.05) is 11.4 Å². The zero-order valence-corrected chi connectivity index (χ0v) is 16.3. The van der Waals surface area contributed by atoms with Gasteiger partial charge in [-0.1, -0.05) is 13.0 Å². The lowest BCUT2D eigenvalue weighted by Crippen LogP contribution is -2.35. The van der Waals surface area contributed by atoms with E-state index in [-0.39, 0.29) is 11.8 Å². The molecule has 1 heterocycles. The lowest BCUT2D eigenvalue weighted by atomic mass is 9.74. The average Bonchev–Trinajstić information content (AvgIpc) is 3.15. The van der Waals surface area contributed by atoms with Gasteiger partial charge in [0.1, 0.15) is 5.75 Å². The highest BCUT2D eigenvalue weighted by molar-refractivity contribution is 7.09. The van der Waals surface area contributed by atoms with Crippen molar-refractivity contribution in [2.75, 3.05) is 7.11 Å². The lowest BCUT2D eigenvalue weighted by molar-refractivity contribution is -0.126. The van der Waals surface area contributed by atoms with Gasteiger partial charge in [0, 0.05) is 10.8 Å². The highest BCUT2D eigenvalue weighted by Gasteiger charge is 2.30. The first-order valence-corrected chi connectivity index (χ1v) is 9.85. The van der Waals surface area contributed by atoms with E-state index in [1.54, 1.807) is 18.4 Å². The molecule has 4 heteroatoms. The predicted octanol–water partition coefficient (Wildman–Crippen LogP) is 4.43. The Kier molecular flexibility index (Phi) is 5.48. The van der Waals surface area contributed by atoms with Gasteiger partial charge in [0.25, 0.3) is 0 Å². The number of aryl methyl sites for hydroxylation is 1. The van der Waals surface area contributed by atoms with Gasteiger partial charge in [-0.25, -0.2) is 0 Å². The predicted molar refractivity (Wildman–Crippen MR) is 103 cm³/mol. The smallest absolute Gasteiger partial charge is 0.223 e. The molecule has 1 amide bonds. The monoisotopic (exact) mass is 357 g/mol. The molecule has 1 aromatic heterocycles. The maximum Gasteiger partial charge on any atom is 0.223 e. The first-order chi connectivity index (χ1) is 12.0. The molecule has 1 aliphatic carbocycles. The Morgan fingerprint density at radius 1 is 1.40 bits per heavy atom. The number of nitrogens with one attached hydrogen (secondary N) is 1. The van der Waals surface area contributed by atoms with E-state index in [0.717, 1.165) is 25.0 Å². The number of rotatable bonds is 5. The Balaban J connectivity index is 1.71. The maximum absolute atomic E-state index is 12.6. The average molecular weight is 358 g/mol. The normalized spacial score (nSPS) is 17.7. The summed E-state index contributed by atoms with van der Waals surface area (Å²) in [7, 11) is 1.73. The van der Waals surface area contributed by atoms with Crippen molar-refractivity contribution in [1.29, 1.82) is 0 Å². The van der Waals surface area contributed by atoms with Crippen LogP contribution in [0.1, 0.15) is 40.5 Å². The van der Waals surface area contributed by atoms with Crippen molar-refractivity contribution in [2.24, 2.45) is 11.8 Å². The molecular weight excluding hydrogens is 330 g/mol. The Morgan fingerprint density at radius 3 is 2.88 bits per heavy atom. The largest absolute Gasteiger partial charge is 0.496 e. The number of fused-ring (bicyclic) bond motifs is 1. The molecule has 0 radical (unpaired) electrons. The van der Waals surface area contributed by atoms with Gasteiger partial charge in [-0.2, -0.15) is 0 Å². The highest BCUT2D eigenvalue weighted by atomic mass is 32.1. The molecule has 0 saturated carbocycles. The van der Waals surface area contributed by atoms with Crippen LogP contribution in [0.15, 0.2) is 23.6 Å². The summed E-state index contributed by atoms with van der Waals surface area (Å²) in [5.74, 6) is 1.55. The SMILES string of the molecule is COc1cc(C)c2c(c1C)CC(C(C)C(=O)NCc1cccs1)CC2. The molecule has 25 heavy (non-hydrogen) atoms. The van der Waals surface area contributed by atoms with Crippen LogP contribution in [0.25, 0.3) is 0 Å². The van der Waals surface area contributed by atoms with Crippen molar-refractivity contribution in [3.63, 3.8) is 0 Å². The van der Waals surface area contributed by atoms with Gasteiger partial charge in [0.15, 0.2) is 0 Å². The van der Waals surface area contributed by atoms with Gasteiger partial charge in [-0.05, 0) is 78.8 Å². The molecule has 134 valence electrons. The Morgan fingerprint density at radius 2 is 2.20 bits per heavy atom. The molecule has 0 fully saturated rings. The van der Waals surface area contributed by atoms with E-state index in [2.05, 4.69) is 38.2 Å². The molecule has 2 unspecified atom stereocenters. The standard InChI is InChI=1S/C21H27NO2S/c1-13-10-20(24-4)15(3)19-11-16(7-8-18(13)19)14(2)21(23)22-12-17-6-5-9-25-17/h5-6,9-10,14,16H,7-8,11-12H2,1-4H3,(H,22,23). The number of thiophene rings is 1. The third-order valence-electron chi connectivity index (χ3n) is 5.60. The molecule has 0 spiro atoms. The summed E-state index contributed by atoms with van der Waals surface area (Å²) in [4.78, 5) is 13.8. The number of amides is 1. The van der Waals surface area contributed by atoms with Crippen LogP contribution in [0.4, 0.5) is 0 Å². The quantitative estimate of drug-likeness (QED) is 0.859. The van der Waals surface area contributed by atoms with Gasteiger partial charge in [0.2, 0.25) is 5.91 Å². The minimum Gasteiger partial charge on any atom is -0.496 e. The zero-order chi connectivity index (χ0) is 18.0. The summed E-state index contributed by atoms with van der Waals surface area (Å²) in [6.45, 7) is 7.01.